The number of benzene rings is 1. The Morgan fingerprint density at radius 2 is 1.67 bits per heavy atom. The lowest BCUT2D eigenvalue weighted by molar-refractivity contribution is -0.156. The SMILES string of the molecule is CCOC(=O)C(C(=O)OCC)c1ccnc2ccccc12. The zero-order valence-electron chi connectivity index (χ0n) is 12.0. The molecule has 0 amide bonds. The van der Waals surface area contributed by atoms with Gasteiger partial charge in [0.15, 0.2) is 5.92 Å². The Hall–Kier alpha value is -2.43. The predicted octanol–water partition coefficient (Wildman–Crippen LogP) is 2.44. The Balaban J connectivity index is 2.52. The van der Waals surface area contributed by atoms with E-state index in [1.165, 1.54) is 0 Å². The third-order valence-corrected chi connectivity index (χ3v) is 3.04. The molecule has 0 aliphatic carbocycles. The minimum Gasteiger partial charge on any atom is -0.465 e. The van der Waals surface area contributed by atoms with Gasteiger partial charge in [-0.1, -0.05) is 18.2 Å². The summed E-state index contributed by atoms with van der Waals surface area (Å²) in [7, 11) is 0. The van der Waals surface area contributed by atoms with Crippen LogP contribution in [0.4, 0.5) is 0 Å². The molecule has 0 saturated carbocycles. The number of carbonyl (C=O) groups excluding carboxylic acids is 2. The highest BCUT2D eigenvalue weighted by atomic mass is 16.6. The van der Waals surface area contributed by atoms with Crippen LogP contribution in [0.1, 0.15) is 25.3 Å². The molecule has 0 aliphatic heterocycles. The number of hydrogen-bond donors (Lipinski definition) is 0. The molecule has 0 radical (unpaired) electrons. The van der Waals surface area contributed by atoms with E-state index in [0.29, 0.717) is 11.1 Å². The number of pyridine rings is 1. The summed E-state index contributed by atoms with van der Waals surface area (Å²) >= 11 is 0. The van der Waals surface area contributed by atoms with Crippen molar-refractivity contribution in [2.45, 2.75) is 19.8 Å². The number of para-hydroxylation sites is 1. The van der Waals surface area contributed by atoms with E-state index >= 15 is 0 Å². The third-order valence-electron chi connectivity index (χ3n) is 3.04. The number of rotatable bonds is 5. The molecule has 0 saturated heterocycles. The Kier molecular flexibility index (Phi) is 4.87. The van der Waals surface area contributed by atoms with Gasteiger partial charge in [0.1, 0.15) is 0 Å². The first-order valence-electron chi connectivity index (χ1n) is 6.86. The van der Waals surface area contributed by atoms with Crippen molar-refractivity contribution >= 4 is 22.8 Å². The molecule has 1 aromatic carbocycles. The van der Waals surface area contributed by atoms with Gasteiger partial charge in [0, 0.05) is 11.6 Å². The molecular formula is C16H17NO4. The summed E-state index contributed by atoms with van der Waals surface area (Å²) in [6, 6.07) is 8.99. The summed E-state index contributed by atoms with van der Waals surface area (Å²) in [5, 5.41) is 0.742. The normalized spacial score (nSPS) is 10.6. The van der Waals surface area contributed by atoms with Crippen LogP contribution in [0.25, 0.3) is 10.9 Å². The molecule has 0 N–H and O–H groups in total. The highest BCUT2D eigenvalue weighted by Crippen LogP contribution is 2.26. The van der Waals surface area contributed by atoms with Crippen molar-refractivity contribution in [3.8, 4) is 0 Å². The average molecular weight is 287 g/mol. The molecule has 110 valence electrons. The van der Waals surface area contributed by atoms with Crippen LogP contribution in [0.15, 0.2) is 36.5 Å². The molecule has 1 heterocycles. The van der Waals surface area contributed by atoms with E-state index in [-0.39, 0.29) is 13.2 Å². The van der Waals surface area contributed by atoms with Crippen LogP contribution >= 0.6 is 0 Å². The Morgan fingerprint density at radius 1 is 1.05 bits per heavy atom. The van der Waals surface area contributed by atoms with Crippen LogP contribution in [-0.4, -0.2) is 30.1 Å². The van der Waals surface area contributed by atoms with Gasteiger partial charge < -0.3 is 9.47 Å². The maximum atomic E-state index is 12.2. The Bertz CT molecular complexity index is 630. The summed E-state index contributed by atoms with van der Waals surface area (Å²) < 4.78 is 10.0. The lowest BCUT2D eigenvalue weighted by Crippen LogP contribution is -2.26. The van der Waals surface area contributed by atoms with Crippen LogP contribution in [0, 0.1) is 0 Å². The number of carbonyl (C=O) groups is 2. The predicted molar refractivity (Wildman–Crippen MR) is 77.8 cm³/mol. The van der Waals surface area contributed by atoms with Crippen molar-refractivity contribution in [1.82, 2.24) is 4.98 Å². The average Bonchev–Trinajstić information content (AvgIpc) is 2.48. The van der Waals surface area contributed by atoms with Crippen molar-refractivity contribution in [3.05, 3.63) is 42.1 Å². The van der Waals surface area contributed by atoms with Crippen LogP contribution in [0.2, 0.25) is 0 Å². The Morgan fingerprint density at radius 3 is 2.29 bits per heavy atom. The van der Waals surface area contributed by atoms with Crippen molar-refractivity contribution in [3.63, 3.8) is 0 Å². The first kappa shape index (κ1) is 15.0. The number of aromatic nitrogens is 1. The van der Waals surface area contributed by atoms with Gasteiger partial charge in [-0.15, -0.1) is 0 Å². The van der Waals surface area contributed by atoms with Gasteiger partial charge >= 0.3 is 11.9 Å². The second-order valence-corrected chi connectivity index (χ2v) is 4.35. The fourth-order valence-electron chi connectivity index (χ4n) is 2.17. The van der Waals surface area contributed by atoms with Crippen LogP contribution in [0.3, 0.4) is 0 Å². The van der Waals surface area contributed by atoms with Gasteiger partial charge in [0.05, 0.1) is 18.7 Å². The van der Waals surface area contributed by atoms with E-state index in [2.05, 4.69) is 4.98 Å². The van der Waals surface area contributed by atoms with Gasteiger partial charge in [-0.3, -0.25) is 14.6 Å². The number of ether oxygens (including phenoxy) is 2. The van der Waals surface area contributed by atoms with Gasteiger partial charge in [-0.25, -0.2) is 0 Å². The van der Waals surface area contributed by atoms with Crippen LogP contribution in [-0.2, 0) is 19.1 Å². The van der Waals surface area contributed by atoms with Crippen LogP contribution in [0.5, 0.6) is 0 Å². The number of esters is 2. The maximum Gasteiger partial charge on any atom is 0.324 e. The van der Waals surface area contributed by atoms with E-state index in [4.69, 9.17) is 9.47 Å². The molecule has 0 atom stereocenters. The van der Waals surface area contributed by atoms with E-state index in [0.717, 1.165) is 5.39 Å². The van der Waals surface area contributed by atoms with E-state index in [1.54, 1.807) is 26.1 Å². The smallest absolute Gasteiger partial charge is 0.324 e. The molecule has 21 heavy (non-hydrogen) atoms. The summed E-state index contributed by atoms with van der Waals surface area (Å²) in [5.41, 5.74) is 1.27. The molecule has 0 unspecified atom stereocenters. The molecule has 2 aromatic rings. The van der Waals surface area contributed by atoms with E-state index in [1.807, 2.05) is 24.3 Å². The van der Waals surface area contributed by atoms with Crippen molar-refractivity contribution in [2.75, 3.05) is 13.2 Å². The standard InChI is InChI=1S/C16H17NO4/c1-3-20-15(18)14(16(19)21-4-2)12-9-10-17-13-8-6-5-7-11(12)13/h5-10,14H,3-4H2,1-2H3. The molecule has 0 bridgehead atoms. The highest BCUT2D eigenvalue weighted by molar-refractivity contribution is 6.04. The zero-order chi connectivity index (χ0) is 15.2. The molecule has 2 rings (SSSR count). The summed E-state index contributed by atoms with van der Waals surface area (Å²) in [6.45, 7) is 3.81. The monoisotopic (exact) mass is 287 g/mol. The summed E-state index contributed by atoms with van der Waals surface area (Å²) in [6.07, 6.45) is 1.57. The molecule has 0 aliphatic rings. The fraction of sp³-hybridized carbons (Fsp3) is 0.312. The minimum absolute atomic E-state index is 0.206. The second-order valence-electron chi connectivity index (χ2n) is 4.35. The van der Waals surface area contributed by atoms with Crippen molar-refractivity contribution < 1.29 is 19.1 Å². The van der Waals surface area contributed by atoms with Crippen LogP contribution < -0.4 is 0 Å². The summed E-state index contributed by atoms with van der Waals surface area (Å²) in [4.78, 5) is 28.6. The molecule has 0 spiro atoms. The molecular weight excluding hydrogens is 270 g/mol. The summed E-state index contributed by atoms with van der Waals surface area (Å²) in [5.74, 6) is -2.29. The molecule has 0 fully saturated rings. The first-order valence-corrected chi connectivity index (χ1v) is 6.86. The first-order chi connectivity index (χ1) is 10.2. The van der Waals surface area contributed by atoms with Gasteiger partial charge in [0.2, 0.25) is 0 Å². The number of hydrogen-bond acceptors (Lipinski definition) is 5. The second kappa shape index (κ2) is 6.83. The largest absolute Gasteiger partial charge is 0.465 e. The molecule has 5 heteroatoms. The zero-order valence-corrected chi connectivity index (χ0v) is 12.0. The quantitative estimate of drug-likeness (QED) is 0.624. The lowest BCUT2D eigenvalue weighted by atomic mass is 9.95. The van der Waals surface area contributed by atoms with Gasteiger partial charge in [-0.05, 0) is 31.5 Å². The van der Waals surface area contributed by atoms with E-state index < -0.39 is 17.9 Å². The number of fused-ring (bicyclic) bond motifs is 1. The fourth-order valence-corrected chi connectivity index (χ4v) is 2.17. The van der Waals surface area contributed by atoms with E-state index in [9.17, 15) is 9.59 Å². The Labute approximate surface area is 122 Å². The topological polar surface area (TPSA) is 65.5 Å². The van der Waals surface area contributed by atoms with Crippen molar-refractivity contribution in [2.24, 2.45) is 0 Å². The minimum atomic E-state index is -1.09. The molecule has 5 nitrogen and oxygen atoms in total. The maximum absolute atomic E-state index is 12.2. The highest BCUT2D eigenvalue weighted by Gasteiger charge is 2.32. The molecule has 1 aromatic heterocycles. The third kappa shape index (κ3) is 3.18. The van der Waals surface area contributed by atoms with Gasteiger partial charge in [0.25, 0.3) is 0 Å². The van der Waals surface area contributed by atoms with Gasteiger partial charge in [-0.2, -0.15) is 0 Å². The van der Waals surface area contributed by atoms with Crippen molar-refractivity contribution in [1.29, 1.82) is 0 Å². The number of nitrogens with zero attached hydrogens (tertiary/aromatic N) is 1. The lowest BCUT2D eigenvalue weighted by Gasteiger charge is -2.16.